The summed E-state index contributed by atoms with van der Waals surface area (Å²) in [5.74, 6) is 0.278. The third-order valence-corrected chi connectivity index (χ3v) is 7.21. The van der Waals surface area contributed by atoms with Gasteiger partial charge in [-0.3, -0.25) is 9.69 Å². The van der Waals surface area contributed by atoms with Gasteiger partial charge in [0.15, 0.2) is 0 Å². The SMILES string of the molecule is CN(CCN(C)S(C)(=O)=O)c1cc(C(=O)NC[C@H](O)CN2CCc3ccccc3C2)ccn1. The smallest absolute Gasteiger partial charge is 0.251 e. The van der Waals surface area contributed by atoms with Crippen molar-refractivity contribution in [2.24, 2.45) is 0 Å². The number of nitrogens with one attached hydrogen (secondary N) is 1. The van der Waals surface area contributed by atoms with Crippen molar-refractivity contribution in [3.63, 3.8) is 0 Å². The molecule has 1 atom stereocenters. The van der Waals surface area contributed by atoms with Gasteiger partial charge >= 0.3 is 0 Å². The van der Waals surface area contributed by atoms with E-state index in [1.807, 2.05) is 6.07 Å². The fraction of sp³-hybridized carbons (Fsp3) is 0.478. The van der Waals surface area contributed by atoms with Crippen LogP contribution in [0.4, 0.5) is 5.82 Å². The highest BCUT2D eigenvalue weighted by Gasteiger charge is 2.19. The van der Waals surface area contributed by atoms with Crippen LogP contribution in [0.2, 0.25) is 0 Å². The monoisotopic (exact) mass is 475 g/mol. The summed E-state index contributed by atoms with van der Waals surface area (Å²) in [7, 11) is 0.0662. The van der Waals surface area contributed by atoms with Gasteiger partial charge in [-0.15, -0.1) is 0 Å². The van der Waals surface area contributed by atoms with Crippen LogP contribution in [0.3, 0.4) is 0 Å². The standard InChI is InChI=1S/C23H33N5O4S/c1-26(12-13-27(2)33(3,31)32)22-14-19(8-10-24-22)23(30)25-15-21(29)17-28-11-9-18-6-4-5-7-20(18)16-28/h4-8,10,14,21,29H,9,11-13,15-17H2,1-3H3,(H,25,30)/t21-/m0/s1. The lowest BCUT2D eigenvalue weighted by atomic mass is 10.00. The van der Waals surface area contributed by atoms with Gasteiger partial charge in [0, 0.05) is 65.1 Å². The molecule has 0 fully saturated rings. The molecule has 1 aromatic heterocycles. The zero-order chi connectivity index (χ0) is 24.0. The molecule has 0 bridgehead atoms. The van der Waals surface area contributed by atoms with Gasteiger partial charge in [0.05, 0.1) is 12.4 Å². The minimum atomic E-state index is -3.25. The quantitative estimate of drug-likeness (QED) is 0.517. The average molecular weight is 476 g/mol. The van der Waals surface area contributed by atoms with Crippen LogP contribution >= 0.6 is 0 Å². The summed E-state index contributed by atoms with van der Waals surface area (Å²) in [5, 5.41) is 13.2. The molecular weight excluding hydrogens is 442 g/mol. The maximum absolute atomic E-state index is 12.6. The third-order valence-electron chi connectivity index (χ3n) is 5.89. The van der Waals surface area contributed by atoms with Crippen molar-refractivity contribution in [2.75, 3.05) is 58.0 Å². The maximum Gasteiger partial charge on any atom is 0.251 e. The largest absolute Gasteiger partial charge is 0.390 e. The molecule has 1 amide bonds. The summed E-state index contributed by atoms with van der Waals surface area (Å²) in [4.78, 5) is 20.9. The Kier molecular flexibility index (Phi) is 8.41. The van der Waals surface area contributed by atoms with Crippen molar-refractivity contribution in [1.29, 1.82) is 0 Å². The summed E-state index contributed by atoms with van der Waals surface area (Å²) >= 11 is 0. The lowest BCUT2D eigenvalue weighted by molar-refractivity contribution is 0.0842. The summed E-state index contributed by atoms with van der Waals surface area (Å²) < 4.78 is 24.4. The zero-order valence-corrected chi connectivity index (χ0v) is 20.3. The predicted octanol–water partition coefficient (Wildman–Crippen LogP) is 0.558. The summed E-state index contributed by atoms with van der Waals surface area (Å²) in [6.07, 6.45) is 3.00. The van der Waals surface area contributed by atoms with Gasteiger partial charge in [0.25, 0.3) is 5.91 Å². The highest BCUT2D eigenvalue weighted by Crippen LogP contribution is 2.18. The van der Waals surface area contributed by atoms with Crippen molar-refractivity contribution < 1.29 is 18.3 Å². The van der Waals surface area contributed by atoms with Crippen molar-refractivity contribution in [3.8, 4) is 0 Å². The highest BCUT2D eigenvalue weighted by molar-refractivity contribution is 7.88. The van der Waals surface area contributed by atoms with Crippen LogP contribution in [0, 0.1) is 0 Å². The van der Waals surface area contributed by atoms with Crippen molar-refractivity contribution in [1.82, 2.24) is 19.5 Å². The Hall–Kier alpha value is -2.53. The second kappa shape index (κ2) is 11.1. The van der Waals surface area contributed by atoms with E-state index >= 15 is 0 Å². The molecule has 1 aliphatic heterocycles. The molecular formula is C23H33N5O4S. The number of pyridine rings is 1. The molecule has 0 spiro atoms. The number of carbonyl (C=O) groups is 1. The molecule has 2 N–H and O–H groups in total. The molecule has 1 aromatic carbocycles. The van der Waals surface area contributed by atoms with E-state index in [1.165, 1.54) is 22.5 Å². The zero-order valence-electron chi connectivity index (χ0n) is 19.4. The number of nitrogens with zero attached hydrogens (tertiary/aromatic N) is 4. The normalized spacial score (nSPS) is 15.2. The van der Waals surface area contributed by atoms with E-state index < -0.39 is 16.1 Å². The first-order valence-electron chi connectivity index (χ1n) is 11.0. The molecule has 3 rings (SSSR count). The number of hydrogen-bond donors (Lipinski definition) is 2. The number of fused-ring (bicyclic) bond motifs is 1. The molecule has 0 saturated carbocycles. The number of aliphatic hydroxyl groups is 1. The summed E-state index contributed by atoms with van der Waals surface area (Å²) in [6.45, 7) is 3.07. The topological polar surface area (TPSA) is 106 Å². The van der Waals surface area contributed by atoms with Crippen LogP contribution < -0.4 is 10.2 Å². The van der Waals surface area contributed by atoms with Gasteiger partial charge < -0.3 is 15.3 Å². The molecule has 0 saturated heterocycles. The fourth-order valence-electron chi connectivity index (χ4n) is 3.72. The van der Waals surface area contributed by atoms with E-state index in [2.05, 4.69) is 33.4 Å². The maximum atomic E-state index is 12.6. The van der Waals surface area contributed by atoms with E-state index in [0.29, 0.717) is 31.0 Å². The van der Waals surface area contributed by atoms with Gasteiger partial charge in [0.1, 0.15) is 5.82 Å². The second-order valence-corrected chi connectivity index (χ2v) is 10.6. The Morgan fingerprint density at radius 2 is 1.94 bits per heavy atom. The first-order chi connectivity index (χ1) is 15.6. The Morgan fingerprint density at radius 3 is 2.67 bits per heavy atom. The minimum Gasteiger partial charge on any atom is -0.390 e. The van der Waals surface area contributed by atoms with Crippen LogP contribution in [0.15, 0.2) is 42.6 Å². The van der Waals surface area contributed by atoms with Gasteiger partial charge in [-0.25, -0.2) is 17.7 Å². The summed E-state index contributed by atoms with van der Waals surface area (Å²) in [6, 6.07) is 11.6. The Morgan fingerprint density at radius 1 is 1.21 bits per heavy atom. The van der Waals surface area contributed by atoms with Crippen molar-refractivity contribution in [2.45, 2.75) is 19.1 Å². The van der Waals surface area contributed by atoms with Crippen LogP contribution in [0.5, 0.6) is 0 Å². The van der Waals surface area contributed by atoms with Gasteiger partial charge in [0.2, 0.25) is 10.0 Å². The Labute approximate surface area is 196 Å². The van der Waals surface area contributed by atoms with E-state index in [4.69, 9.17) is 0 Å². The van der Waals surface area contributed by atoms with Crippen LogP contribution in [-0.4, -0.2) is 92.8 Å². The molecule has 2 heterocycles. The first kappa shape index (κ1) is 25.1. The van der Waals surface area contributed by atoms with Gasteiger partial charge in [-0.05, 0) is 29.7 Å². The predicted molar refractivity (Wildman–Crippen MR) is 129 cm³/mol. The van der Waals surface area contributed by atoms with E-state index in [-0.39, 0.29) is 12.5 Å². The van der Waals surface area contributed by atoms with E-state index in [0.717, 1.165) is 25.8 Å². The molecule has 0 radical (unpaired) electrons. The number of likely N-dealkylation sites (N-methyl/N-ethyl adjacent to an activating group) is 2. The molecule has 0 unspecified atom stereocenters. The number of aliphatic hydroxyl groups excluding tert-OH is 1. The first-order valence-corrected chi connectivity index (χ1v) is 12.8. The third kappa shape index (κ3) is 7.23. The lowest BCUT2D eigenvalue weighted by Crippen LogP contribution is -2.42. The van der Waals surface area contributed by atoms with Gasteiger partial charge in [-0.2, -0.15) is 0 Å². The molecule has 10 heteroatoms. The number of β-amino-alcohol motifs (C(OH)–C–C–N with tert-alkyl or cyclic N) is 1. The summed E-state index contributed by atoms with van der Waals surface area (Å²) in [5.41, 5.74) is 3.08. The van der Waals surface area contributed by atoms with Crippen molar-refractivity contribution >= 4 is 21.7 Å². The highest BCUT2D eigenvalue weighted by atomic mass is 32.2. The second-order valence-electron chi connectivity index (χ2n) is 8.53. The number of rotatable bonds is 10. The molecule has 1 aliphatic rings. The van der Waals surface area contributed by atoms with Crippen LogP contribution in [0.25, 0.3) is 0 Å². The number of benzene rings is 1. The number of carbonyl (C=O) groups excluding carboxylic acids is 1. The fourth-order valence-corrected chi connectivity index (χ4v) is 4.14. The average Bonchev–Trinajstić information content (AvgIpc) is 2.80. The Bertz CT molecular complexity index is 1060. The molecule has 33 heavy (non-hydrogen) atoms. The minimum absolute atomic E-state index is 0.156. The van der Waals surface area contributed by atoms with Crippen LogP contribution in [-0.2, 0) is 23.0 Å². The number of anilines is 1. The molecule has 0 aliphatic carbocycles. The van der Waals surface area contributed by atoms with E-state index in [9.17, 15) is 18.3 Å². The van der Waals surface area contributed by atoms with Crippen molar-refractivity contribution in [3.05, 3.63) is 59.3 Å². The van der Waals surface area contributed by atoms with Crippen LogP contribution in [0.1, 0.15) is 21.5 Å². The number of amides is 1. The molecule has 9 nitrogen and oxygen atoms in total. The molecule has 180 valence electrons. The number of hydrogen-bond acceptors (Lipinski definition) is 7. The van der Waals surface area contributed by atoms with Gasteiger partial charge in [-0.1, -0.05) is 24.3 Å². The number of aromatic nitrogens is 1. The number of sulfonamides is 1. The lowest BCUT2D eigenvalue weighted by Gasteiger charge is -2.30. The Balaban J connectivity index is 1.48. The molecule has 2 aromatic rings. The van der Waals surface area contributed by atoms with E-state index in [1.54, 1.807) is 30.3 Å².